The van der Waals surface area contributed by atoms with Crippen LogP contribution in [0.5, 0.6) is 0 Å². The maximum Gasteiger partial charge on any atom is 0.118 e. The zero-order valence-electron chi connectivity index (χ0n) is 11.4. The van der Waals surface area contributed by atoms with Crippen LogP contribution >= 0.6 is 0 Å². The number of methoxy groups -OCH3 is 1. The third-order valence-electron chi connectivity index (χ3n) is 3.39. The molecule has 0 spiro atoms. The highest BCUT2D eigenvalue weighted by atomic mass is 16.5. The van der Waals surface area contributed by atoms with Gasteiger partial charge >= 0.3 is 0 Å². The molecular weight excluding hydrogens is 228 g/mol. The van der Waals surface area contributed by atoms with Crippen LogP contribution in [0.15, 0.2) is 16.5 Å². The number of furan rings is 1. The van der Waals surface area contributed by atoms with E-state index in [-0.39, 0.29) is 0 Å². The van der Waals surface area contributed by atoms with Crippen molar-refractivity contribution in [2.75, 3.05) is 26.7 Å². The minimum absolute atomic E-state index is 0.394. The van der Waals surface area contributed by atoms with Gasteiger partial charge in [-0.2, -0.15) is 0 Å². The number of hydrogen-bond donors (Lipinski definition) is 1. The van der Waals surface area contributed by atoms with Crippen molar-refractivity contribution in [3.63, 3.8) is 0 Å². The van der Waals surface area contributed by atoms with Crippen LogP contribution in [0.2, 0.25) is 0 Å². The van der Waals surface area contributed by atoms with Gasteiger partial charge in [0.2, 0.25) is 0 Å². The Labute approximate surface area is 109 Å². The van der Waals surface area contributed by atoms with Crippen molar-refractivity contribution in [3.8, 4) is 0 Å². The second-order valence-electron chi connectivity index (χ2n) is 4.93. The molecule has 1 fully saturated rings. The van der Waals surface area contributed by atoms with E-state index in [1.165, 1.54) is 0 Å². The van der Waals surface area contributed by atoms with Crippen LogP contribution in [-0.4, -0.2) is 37.7 Å². The summed E-state index contributed by atoms with van der Waals surface area (Å²) < 4.78 is 11.2. The maximum absolute atomic E-state index is 5.82. The number of likely N-dealkylation sites (tertiary alicyclic amines) is 1. The van der Waals surface area contributed by atoms with Gasteiger partial charge in [-0.1, -0.05) is 6.92 Å². The maximum atomic E-state index is 5.82. The molecule has 0 amide bonds. The third kappa shape index (κ3) is 3.83. The summed E-state index contributed by atoms with van der Waals surface area (Å²) in [6.07, 6.45) is 2.67. The SMILES string of the molecule is CCCNCc1ccc(CN2CCC(OC)C2)o1. The van der Waals surface area contributed by atoms with Crippen molar-refractivity contribution < 1.29 is 9.15 Å². The Bertz CT molecular complexity index is 351. The average Bonchev–Trinajstić information content (AvgIpc) is 3.00. The molecule has 18 heavy (non-hydrogen) atoms. The number of hydrogen-bond acceptors (Lipinski definition) is 4. The van der Waals surface area contributed by atoms with E-state index in [1.54, 1.807) is 7.11 Å². The standard InChI is InChI=1S/C14H24N2O2/c1-3-7-15-9-12-4-5-14(18-12)11-16-8-6-13(10-16)17-2/h4-5,13,15H,3,6-11H2,1-2H3. The van der Waals surface area contributed by atoms with Crippen LogP contribution in [0, 0.1) is 0 Å². The smallest absolute Gasteiger partial charge is 0.118 e. The predicted octanol–water partition coefficient (Wildman–Crippen LogP) is 2.00. The molecule has 1 aromatic heterocycles. The molecule has 0 radical (unpaired) electrons. The van der Waals surface area contributed by atoms with Gasteiger partial charge in [-0.05, 0) is 31.5 Å². The second-order valence-corrected chi connectivity index (χ2v) is 4.93. The molecule has 2 heterocycles. The monoisotopic (exact) mass is 252 g/mol. The first-order valence-electron chi connectivity index (χ1n) is 6.85. The molecule has 0 bridgehead atoms. The molecule has 1 unspecified atom stereocenters. The summed E-state index contributed by atoms with van der Waals surface area (Å²) in [6.45, 7) is 7.04. The van der Waals surface area contributed by atoms with Gasteiger partial charge in [0, 0.05) is 20.2 Å². The Balaban J connectivity index is 1.76. The van der Waals surface area contributed by atoms with E-state index >= 15 is 0 Å². The quantitative estimate of drug-likeness (QED) is 0.753. The van der Waals surface area contributed by atoms with Crippen molar-refractivity contribution in [1.29, 1.82) is 0 Å². The minimum atomic E-state index is 0.394. The second kappa shape index (κ2) is 6.92. The molecule has 1 N–H and O–H groups in total. The van der Waals surface area contributed by atoms with Crippen molar-refractivity contribution in [3.05, 3.63) is 23.7 Å². The summed E-state index contributed by atoms with van der Waals surface area (Å²) in [5.41, 5.74) is 0. The molecule has 0 aromatic carbocycles. The summed E-state index contributed by atoms with van der Waals surface area (Å²) in [4.78, 5) is 2.39. The molecule has 0 aliphatic carbocycles. The van der Waals surface area contributed by atoms with Gasteiger partial charge in [0.1, 0.15) is 11.5 Å². The normalized spacial score (nSPS) is 20.7. The molecular formula is C14H24N2O2. The Hall–Kier alpha value is -0.840. The Morgan fingerprint density at radius 1 is 1.44 bits per heavy atom. The zero-order valence-corrected chi connectivity index (χ0v) is 11.4. The van der Waals surface area contributed by atoms with Gasteiger partial charge in [0.05, 0.1) is 19.2 Å². The van der Waals surface area contributed by atoms with E-state index in [1.807, 2.05) is 0 Å². The van der Waals surface area contributed by atoms with Gasteiger partial charge < -0.3 is 14.5 Å². The van der Waals surface area contributed by atoms with Gasteiger partial charge in [-0.3, -0.25) is 4.90 Å². The highest BCUT2D eigenvalue weighted by Crippen LogP contribution is 2.17. The lowest BCUT2D eigenvalue weighted by molar-refractivity contribution is 0.106. The first-order chi connectivity index (χ1) is 8.81. The molecule has 1 atom stereocenters. The van der Waals surface area contributed by atoms with Crippen LogP contribution in [0.25, 0.3) is 0 Å². The first-order valence-corrected chi connectivity index (χ1v) is 6.85. The van der Waals surface area contributed by atoms with Crippen molar-refractivity contribution in [2.24, 2.45) is 0 Å². The van der Waals surface area contributed by atoms with Gasteiger partial charge in [-0.15, -0.1) is 0 Å². The summed E-state index contributed by atoms with van der Waals surface area (Å²) in [7, 11) is 1.79. The van der Waals surface area contributed by atoms with Crippen LogP contribution in [0.3, 0.4) is 0 Å². The molecule has 4 heteroatoms. The summed E-state index contributed by atoms with van der Waals surface area (Å²) in [5, 5.41) is 3.35. The lowest BCUT2D eigenvalue weighted by Gasteiger charge is -2.13. The summed E-state index contributed by atoms with van der Waals surface area (Å²) in [6, 6.07) is 4.16. The number of nitrogens with zero attached hydrogens (tertiary/aromatic N) is 1. The molecule has 2 rings (SSSR count). The molecule has 1 aliphatic heterocycles. The van der Waals surface area contributed by atoms with Crippen molar-refractivity contribution in [1.82, 2.24) is 10.2 Å². The number of rotatable bonds is 7. The van der Waals surface area contributed by atoms with Crippen molar-refractivity contribution >= 4 is 0 Å². The fourth-order valence-corrected chi connectivity index (χ4v) is 2.34. The Morgan fingerprint density at radius 3 is 3.00 bits per heavy atom. The van der Waals surface area contributed by atoms with Gasteiger partial charge in [-0.25, -0.2) is 0 Å². The van der Waals surface area contributed by atoms with E-state index in [9.17, 15) is 0 Å². The average molecular weight is 252 g/mol. The molecule has 4 nitrogen and oxygen atoms in total. The third-order valence-corrected chi connectivity index (χ3v) is 3.39. The fourth-order valence-electron chi connectivity index (χ4n) is 2.34. The molecule has 0 saturated carbocycles. The Kier molecular flexibility index (Phi) is 5.23. The van der Waals surface area contributed by atoms with Gasteiger partial charge in [0.15, 0.2) is 0 Å². The van der Waals surface area contributed by atoms with Crippen LogP contribution < -0.4 is 5.32 Å². The zero-order chi connectivity index (χ0) is 12.8. The molecule has 102 valence electrons. The van der Waals surface area contributed by atoms with E-state index in [0.29, 0.717) is 6.10 Å². The Morgan fingerprint density at radius 2 is 2.28 bits per heavy atom. The number of nitrogens with one attached hydrogen (secondary N) is 1. The molecule has 1 aliphatic rings. The predicted molar refractivity (Wildman–Crippen MR) is 71.4 cm³/mol. The van der Waals surface area contributed by atoms with E-state index in [2.05, 4.69) is 29.3 Å². The van der Waals surface area contributed by atoms with Gasteiger partial charge in [0.25, 0.3) is 0 Å². The van der Waals surface area contributed by atoms with Crippen molar-refractivity contribution in [2.45, 2.75) is 39.0 Å². The van der Waals surface area contributed by atoms with E-state index in [4.69, 9.17) is 9.15 Å². The highest BCUT2D eigenvalue weighted by molar-refractivity contribution is 5.07. The summed E-state index contributed by atoms with van der Waals surface area (Å²) in [5.74, 6) is 2.08. The first kappa shape index (κ1) is 13.6. The lowest BCUT2D eigenvalue weighted by atomic mass is 10.3. The highest BCUT2D eigenvalue weighted by Gasteiger charge is 2.22. The minimum Gasteiger partial charge on any atom is -0.463 e. The van der Waals surface area contributed by atoms with Crippen LogP contribution in [0.1, 0.15) is 31.3 Å². The van der Waals surface area contributed by atoms with Crippen LogP contribution in [-0.2, 0) is 17.8 Å². The molecule has 1 aromatic rings. The topological polar surface area (TPSA) is 37.6 Å². The molecule has 1 saturated heterocycles. The summed E-state index contributed by atoms with van der Waals surface area (Å²) >= 11 is 0. The lowest BCUT2D eigenvalue weighted by Crippen LogP contribution is -2.22. The van der Waals surface area contributed by atoms with Crippen LogP contribution in [0.4, 0.5) is 0 Å². The fraction of sp³-hybridized carbons (Fsp3) is 0.714. The van der Waals surface area contributed by atoms with E-state index in [0.717, 1.165) is 57.1 Å². The largest absolute Gasteiger partial charge is 0.463 e. The van der Waals surface area contributed by atoms with E-state index < -0.39 is 0 Å². The number of ether oxygens (including phenoxy) is 1.